The van der Waals surface area contributed by atoms with Crippen LogP contribution in [0.5, 0.6) is 0 Å². The van der Waals surface area contributed by atoms with Crippen LogP contribution in [0.1, 0.15) is 33.3 Å². The van der Waals surface area contributed by atoms with Gasteiger partial charge in [0.05, 0.1) is 25.8 Å². The van der Waals surface area contributed by atoms with E-state index in [0.29, 0.717) is 13.1 Å². The van der Waals surface area contributed by atoms with Crippen LogP contribution in [0.3, 0.4) is 0 Å². The number of hydrogen-bond acceptors (Lipinski definition) is 7. The van der Waals surface area contributed by atoms with Gasteiger partial charge in [0.2, 0.25) is 17.7 Å². The van der Waals surface area contributed by atoms with Gasteiger partial charge in [0.1, 0.15) is 12.1 Å². The van der Waals surface area contributed by atoms with E-state index in [-0.39, 0.29) is 31.6 Å². The van der Waals surface area contributed by atoms with Gasteiger partial charge in [-0.2, -0.15) is 0 Å². The first-order chi connectivity index (χ1) is 20.0. The van der Waals surface area contributed by atoms with E-state index < -0.39 is 35.4 Å². The molecule has 3 rings (SSSR count). The van der Waals surface area contributed by atoms with Gasteiger partial charge in [0.15, 0.2) is 0 Å². The number of amides is 4. The number of benzene rings is 1. The van der Waals surface area contributed by atoms with Crippen molar-refractivity contribution in [2.75, 3.05) is 39.8 Å². The lowest BCUT2D eigenvalue weighted by Gasteiger charge is -2.36. The summed E-state index contributed by atoms with van der Waals surface area (Å²) in [5.74, 6) is -1.53. The second kappa shape index (κ2) is 15.3. The molecule has 0 aliphatic carbocycles. The van der Waals surface area contributed by atoms with Gasteiger partial charge < -0.3 is 35.4 Å². The summed E-state index contributed by atoms with van der Waals surface area (Å²) in [5.41, 5.74) is 0.344. The monoisotopic (exact) mass is 580 g/mol. The smallest absolute Gasteiger partial charge is 0.252 e. The van der Waals surface area contributed by atoms with Crippen molar-refractivity contribution in [1.29, 1.82) is 0 Å². The van der Waals surface area contributed by atoms with Gasteiger partial charge >= 0.3 is 0 Å². The molecule has 1 aromatic carbocycles. The molecule has 2 heterocycles. The van der Waals surface area contributed by atoms with Crippen LogP contribution < -0.4 is 16.0 Å². The maximum atomic E-state index is 13.6. The van der Waals surface area contributed by atoms with E-state index in [4.69, 9.17) is 4.74 Å². The molecule has 42 heavy (non-hydrogen) atoms. The van der Waals surface area contributed by atoms with Crippen LogP contribution in [-0.2, 0) is 30.5 Å². The number of carbonyl (C=O) groups is 4. The second-order valence-corrected chi connectivity index (χ2v) is 11.4. The van der Waals surface area contributed by atoms with Crippen molar-refractivity contribution in [2.45, 2.75) is 52.4 Å². The number of nitrogens with zero attached hydrogens (tertiary/aromatic N) is 3. The molecule has 11 heteroatoms. The number of hydrogen-bond donors (Lipinski definition) is 3. The van der Waals surface area contributed by atoms with Crippen LogP contribution in [-0.4, -0.2) is 96.3 Å². The van der Waals surface area contributed by atoms with Crippen LogP contribution in [0, 0.1) is 5.41 Å². The van der Waals surface area contributed by atoms with E-state index >= 15 is 0 Å². The Morgan fingerprint density at radius 2 is 1.76 bits per heavy atom. The van der Waals surface area contributed by atoms with Crippen molar-refractivity contribution in [3.63, 3.8) is 0 Å². The summed E-state index contributed by atoms with van der Waals surface area (Å²) in [4.78, 5) is 57.6. The molecule has 0 bridgehead atoms. The summed E-state index contributed by atoms with van der Waals surface area (Å²) in [7, 11) is 1.66. The number of rotatable bonds is 13. The van der Waals surface area contributed by atoms with E-state index in [1.54, 1.807) is 31.3 Å². The highest BCUT2D eigenvalue weighted by Gasteiger charge is 2.37. The Labute approximate surface area is 248 Å². The predicted molar refractivity (Wildman–Crippen MR) is 160 cm³/mol. The van der Waals surface area contributed by atoms with Crippen molar-refractivity contribution in [2.24, 2.45) is 5.41 Å². The first kappa shape index (κ1) is 32.6. The fraction of sp³-hybridized carbons (Fsp3) is 0.484. The maximum Gasteiger partial charge on any atom is 0.252 e. The second-order valence-electron chi connectivity index (χ2n) is 11.4. The third-order valence-electron chi connectivity index (χ3n) is 7.15. The predicted octanol–water partition coefficient (Wildman–Crippen LogP) is 1.35. The van der Waals surface area contributed by atoms with E-state index in [1.807, 2.05) is 75.5 Å². The van der Waals surface area contributed by atoms with Crippen LogP contribution in [0.25, 0.3) is 0 Å². The number of carbonyl (C=O) groups excluding carboxylic acids is 4. The molecular formula is C31H44N6O5. The van der Waals surface area contributed by atoms with E-state index in [2.05, 4.69) is 20.9 Å². The third-order valence-corrected chi connectivity index (χ3v) is 7.15. The van der Waals surface area contributed by atoms with Gasteiger partial charge in [0, 0.05) is 32.0 Å². The molecule has 2 aliphatic heterocycles. The Morgan fingerprint density at radius 1 is 1.02 bits per heavy atom. The quantitative estimate of drug-likeness (QED) is 0.322. The molecule has 0 saturated carbocycles. The van der Waals surface area contributed by atoms with E-state index in [0.717, 1.165) is 12.1 Å². The Morgan fingerprint density at radius 3 is 2.40 bits per heavy atom. The summed E-state index contributed by atoms with van der Waals surface area (Å²) in [6.45, 7) is 8.96. The largest absolute Gasteiger partial charge is 0.374 e. The molecule has 3 N–H and O–H groups in total. The topological polar surface area (TPSA) is 123 Å². The summed E-state index contributed by atoms with van der Waals surface area (Å²) in [6.07, 6.45) is 11.1. The molecule has 228 valence electrons. The van der Waals surface area contributed by atoms with Gasteiger partial charge in [-0.15, -0.1) is 0 Å². The Hall–Kier alpha value is -3.96. The molecule has 0 spiro atoms. The molecule has 1 aromatic rings. The molecule has 4 amide bonds. The fourth-order valence-electron chi connectivity index (χ4n) is 4.43. The minimum Gasteiger partial charge on any atom is -0.374 e. The molecular weight excluding hydrogens is 536 g/mol. The fourth-order valence-corrected chi connectivity index (χ4v) is 4.43. The van der Waals surface area contributed by atoms with Gasteiger partial charge in [-0.05, 0) is 37.2 Å². The van der Waals surface area contributed by atoms with Crippen molar-refractivity contribution in [3.8, 4) is 0 Å². The van der Waals surface area contributed by atoms with Gasteiger partial charge in [-0.25, -0.2) is 0 Å². The molecule has 3 atom stereocenters. The molecule has 0 radical (unpaired) electrons. The van der Waals surface area contributed by atoms with Crippen LogP contribution in [0.2, 0.25) is 0 Å². The molecule has 0 fully saturated rings. The Balaban J connectivity index is 1.68. The maximum absolute atomic E-state index is 13.6. The molecule has 11 nitrogen and oxygen atoms in total. The minimum absolute atomic E-state index is 0.0107. The Kier molecular flexibility index (Phi) is 11.9. The van der Waals surface area contributed by atoms with Crippen LogP contribution >= 0.6 is 0 Å². The third kappa shape index (κ3) is 9.28. The Bertz CT molecular complexity index is 1180. The summed E-state index contributed by atoms with van der Waals surface area (Å²) >= 11 is 0. The van der Waals surface area contributed by atoms with Crippen molar-refractivity contribution in [3.05, 3.63) is 72.7 Å². The number of ether oxygens (including phenoxy) is 1. The highest BCUT2D eigenvalue weighted by molar-refractivity contribution is 5.94. The lowest BCUT2D eigenvalue weighted by atomic mass is 9.86. The highest BCUT2D eigenvalue weighted by atomic mass is 16.5. The van der Waals surface area contributed by atoms with Gasteiger partial charge in [0.25, 0.3) is 5.91 Å². The van der Waals surface area contributed by atoms with Crippen molar-refractivity contribution < 1.29 is 23.9 Å². The number of nitrogens with one attached hydrogen (secondary N) is 3. The SMILES string of the molecule is CN[C@@H](C)C(=O)N[C@H](C(=O)NCC(=O)N1C=CN(CCN2C=CC=CC2)C(=O)[C@@H]1COCc1ccccc1)C(C)(C)C. The molecule has 0 aromatic heterocycles. The van der Waals surface area contributed by atoms with E-state index in [1.165, 1.54) is 4.90 Å². The molecule has 0 saturated heterocycles. The first-order valence-electron chi connectivity index (χ1n) is 14.3. The van der Waals surface area contributed by atoms with Crippen molar-refractivity contribution >= 4 is 23.6 Å². The average molecular weight is 581 g/mol. The van der Waals surface area contributed by atoms with Gasteiger partial charge in [-0.3, -0.25) is 19.2 Å². The summed E-state index contributed by atoms with van der Waals surface area (Å²) in [5, 5.41) is 8.28. The molecule has 2 aliphatic rings. The molecule has 0 unspecified atom stereocenters. The summed E-state index contributed by atoms with van der Waals surface area (Å²) in [6, 6.07) is 7.33. The zero-order chi connectivity index (χ0) is 30.7. The van der Waals surface area contributed by atoms with Crippen LogP contribution in [0.4, 0.5) is 0 Å². The van der Waals surface area contributed by atoms with E-state index in [9.17, 15) is 19.2 Å². The number of allylic oxidation sites excluding steroid dienone is 2. The lowest BCUT2D eigenvalue weighted by Crippen LogP contribution is -2.59. The summed E-state index contributed by atoms with van der Waals surface area (Å²) < 4.78 is 5.89. The normalized spacial score (nSPS) is 18.2. The lowest BCUT2D eigenvalue weighted by molar-refractivity contribution is -0.146. The zero-order valence-electron chi connectivity index (χ0n) is 25.2. The van der Waals surface area contributed by atoms with Crippen LogP contribution in [0.15, 0.2) is 67.2 Å². The van der Waals surface area contributed by atoms with Gasteiger partial charge in [-0.1, -0.05) is 63.3 Å². The average Bonchev–Trinajstić information content (AvgIpc) is 2.98. The standard InChI is InChI=1S/C31H44N6O5/c1-23(32-5)28(39)34-27(31(2,3)4)29(40)33-20-26(38)37-19-18-36(17-16-35-14-10-7-11-15-35)30(41)25(37)22-42-21-24-12-8-6-9-13-24/h6-14,18-19,23,25,27,32H,15-17,20-22H2,1-5H3,(H,33,40)(H,34,39)/t23-,25-,27+/m0/s1. The number of likely N-dealkylation sites (N-methyl/N-ethyl adjacent to an activating group) is 1. The zero-order valence-corrected chi connectivity index (χ0v) is 25.2. The minimum atomic E-state index is -0.894. The highest BCUT2D eigenvalue weighted by Crippen LogP contribution is 2.20. The first-order valence-corrected chi connectivity index (χ1v) is 14.3. The van der Waals surface area contributed by atoms with Crippen molar-refractivity contribution in [1.82, 2.24) is 30.7 Å².